The maximum atomic E-state index is 12.5. The van der Waals surface area contributed by atoms with Crippen LogP contribution in [0.25, 0.3) is 11.4 Å². The SMILES string of the molecule is CCOC(=O)C1=C(CSc2nnc(-c3ccccc3Cl)n2Cc2ccccc2)NC(=O)NC1C. The average molecular weight is 498 g/mol. The van der Waals surface area contributed by atoms with E-state index in [-0.39, 0.29) is 12.6 Å². The van der Waals surface area contributed by atoms with Crippen LogP contribution in [0.4, 0.5) is 4.79 Å². The monoisotopic (exact) mass is 497 g/mol. The molecule has 4 rings (SSSR count). The van der Waals surface area contributed by atoms with Gasteiger partial charge >= 0.3 is 12.0 Å². The van der Waals surface area contributed by atoms with Gasteiger partial charge in [0.2, 0.25) is 0 Å². The van der Waals surface area contributed by atoms with Crippen LogP contribution in [-0.4, -0.2) is 45.2 Å². The number of carbonyl (C=O) groups excluding carboxylic acids is 2. The van der Waals surface area contributed by atoms with Crippen LogP contribution < -0.4 is 10.6 Å². The summed E-state index contributed by atoms with van der Waals surface area (Å²) in [4.78, 5) is 24.6. The first kappa shape index (κ1) is 23.8. The summed E-state index contributed by atoms with van der Waals surface area (Å²) < 4.78 is 7.19. The van der Waals surface area contributed by atoms with Crippen LogP contribution in [0.3, 0.4) is 0 Å². The topological polar surface area (TPSA) is 98.1 Å². The lowest BCUT2D eigenvalue weighted by molar-refractivity contribution is -0.138. The molecule has 1 aliphatic rings. The maximum Gasteiger partial charge on any atom is 0.337 e. The molecule has 0 aliphatic carbocycles. The van der Waals surface area contributed by atoms with Crippen molar-refractivity contribution < 1.29 is 14.3 Å². The molecule has 0 saturated carbocycles. The Morgan fingerprint density at radius 1 is 1.15 bits per heavy atom. The molecule has 8 nitrogen and oxygen atoms in total. The maximum absolute atomic E-state index is 12.5. The van der Waals surface area contributed by atoms with Gasteiger partial charge < -0.3 is 15.4 Å². The number of nitrogens with zero attached hydrogens (tertiary/aromatic N) is 3. The Hall–Kier alpha value is -3.30. The smallest absolute Gasteiger partial charge is 0.337 e. The van der Waals surface area contributed by atoms with Crippen molar-refractivity contribution in [3.8, 4) is 11.4 Å². The highest BCUT2D eigenvalue weighted by Crippen LogP contribution is 2.31. The van der Waals surface area contributed by atoms with Crippen molar-refractivity contribution in [2.75, 3.05) is 12.4 Å². The van der Waals surface area contributed by atoms with E-state index in [1.165, 1.54) is 11.8 Å². The number of aromatic nitrogens is 3. The first-order valence-electron chi connectivity index (χ1n) is 10.8. The Morgan fingerprint density at radius 3 is 2.62 bits per heavy atom. The van der Waals surface area contributed by atoms with E-state index in [9.17, 15) is 9.59 Å². The number of hydrogen-bond donors (Lipinski definition) is 2. The third-order valence-electron chi connectivity index (χ3n) is 5.23. The van der Waals surface area contributed by atoms with E-state index in [4.69, 9.17) is 16.3 Å². The molecule has 10 heteroatoms. The van der Waals surface area contributed by atoms with Crippen LogP contribution in [-0.2, 0) is 16.1 Å². The Balaban J connectivity index is 1.68. The summed E-state index contributed by atoms with van der Waals surface area (Å²) in [7, 11) is 0. The van der Waals surface area contributed by atoms with Gasteiger partial charge in [-0.2, -0.15) is 0 Å². The number of rotatable bonds is 8. The van der Waals surface area contributed by atoms with E-state index in [1.807, 2.05) is 59.2 Å². The quantitative estimate of drug-likeness (QED) is 0.356. The van der Waals surface area contributed by atoms with Crippen LogP contribution in [0, 0.1) is 0 Å². The number of urea groups is 1. The Kier molecular flexibility index (Phi) is 7.54. The number of benzene rings is 2. The molecule has 1 atom stereocenters. The molecule has 3 aromatic rings. The molecular weight excluding hydrogens is 474 g/mol. The molecule has 2 heterocycles. The van der Waals surface area contributed by atoms with Crippen LogP contribution in [0.15, 0.2) is 71.0 Å². The van der Waals surface area contributed by atoms with Gasteiger partial charge in [-0.05, 0) is 31.5 Å². The predicted octanol–water partition coefficient (Wildman–Crippen LogP) is 4.26. The summed E-state index contributed by atoms with van der Waals surface area (Å²) in [5, 5.41) is 15.5. The lowest BCUT2D eigenvalue weighted by Crippen LogP contribution is -2.49. The second kappa shape index (κ2) is 10.8. The van der Waals surface area contributed by atoms with Crippen molar-refractivity contribution >= 4 is 35.4 Å². The third kappa shape index (κ3) is 5.26. The molecule has 2 N–H and O–H groups in total. The number of ether oxygens (including phenoxy) is 1. The summed E-state index contributed by atoms with van der Waals surface area (Å²) in [5.41, 5.74) is 2.74. The molecule has 0 fully saturated rings. The molecule has 176 valence electrons. The summed E-state index contributed by atoms with van der Waals surface area (Å²) in [6, 6.07) is 16.6. The fourth-order valence-electron chi connectivity index (χ4n) is 3.68. The molecule has 0 saturated heterocycles. The Bertz CT molecular complexity index is 1230. The molecule has 1 aromatic heterocycles. The molecule has 2 aromatic carbocycles. The molecule has 2 amide bonds. The largest absolute Gasteiger partial charge is 0.463 e. The number of hydrogen-bond acceptors (Lipinski definition) is 6. The van der Waals surface area contributed by atoms with Crippen LogP contribution >= 0.6 is 23.4 Å². The first-order valence-corrected chi connectivity index (χ1v) is 12.2. The molecular formula is C24H24ClN5O3S. The molecule has 0 spiro atoms. The number of amides is 2. The van der Waals surface area contributed by atoms with E-state index in [0.29, 0.717) is 39.6 Å². The van der Waals surface area contributed by atoms with Crippen molar-refractivity contribution in [2.24, 2.45) is 0 Å². The minimum Gasteiger partial charge on any atom is -0.463 e. The molecule has 1 unspecified atom stereocenters. The van der Waals surface area contributed by atoms with Crippen molar-refractivity contribution in [1.82, 2.24) is 25.4 Å². The number of carbonyl (C=O) groups is 2. The number of thioether (sulfide) groups is 1. The fourth-order valence-corrected chi connectivity index (χ4v) is 4.80. The van der Waals surface area contributed by atoms with Crippen LogP contribution in [0.1, 0.15) is 19.4 Å². The Morgan fingerprint density at radius 2 is 1.88 bits per heavy atom. The van der Waals surface area contributed by atoms with Gasteiger partial charge in [0.1, 0.15) is 0 Å². The van der Waals surface area contributed by atoms with Gasteiger partial charge in [0.05, 0.1) is 29.8 Å². The summed E-state index contributed by atoms with van der Waals surface area (Å²) in [5.74, 6) is 0.487. The molecule has 1 aliphatic heterocycles. The van der Waals surface area contributed by atoms with Gasteiger partial charge in [-0.1, -0.05) is 65.8 Å². The summed E-state index contributed by atoms with van der Waals surface area (Å²) in [6.07, 6.45) is 0. The van der Waals surface area contributed by atoms with Crippen LogP contribution in [0.2, 0.25) is 5.02 Å². The number of halogens is 1. The Labute approximate surface area is 206 Å². The normalized spacial score (nSPS) is 15.6. The fraction of sp³-hybridized carbons (Fsp3) is 0.250. The zero-order chi connectivity index (χ0) is 24.1. The minimum absolute atomic E-state index is 0.246. The van der Waals surface area contributed by atoms with E-state index in [2.05, 4.69) is 20.8 Å². The van der Waals surface area contributed by atoms with Gasteiger partial charge in [-0.3, -0.25) is 4.57 Å². The highest BCUT2D eigenvalue weighted by Gasteiger charge is 2.30. The number of nitrogens with one attached hydrogen (secondary N) is 2. The first-order chi connectivity index (χ1) is 16.5. The van der Waals surface area contributed by atoms with Crippen molar-refractivity contribution in [1.29, 1.82) is 0 Å². The molecule has 34 heavy (non-hydrogen) atoms. The zero-order valence-electron chi connectivity index (χ0n) is 18.7. The minimum atomic E-state index is -0.468. The van der Waals surface area contributed by atoms with Crippen molar-refractivity contribution in [3.63, 3.8) is 0 Å². The highest BCUT2D eigenvalue weighted by atomic mass is 35.5. The predicted molar refractivity (Wildman–Crippen MR) is 132 cm³/mol. The van der Waals surface area contributed by atoms with Gasteiger partial charge in [-0.25, -0.2) is 9.59 Å². The van der Waals surface area contributed by atoms with Crippen molar-refractivity contribution in [2.45, 2.75) is 31.6 Å². The molecule has 0 radical (unpaired) electrons. The number of esters is 1. The summed E-state index contributed by atoms with van der Waals surface area (Å²) >= 11 is 7.83. The lowest BCUT2D eigenvalue weighted by atomic mass is 10.1. The van der Waals surface area contributed by atoms with E-state index >= 15 is 0 Å². The average Bonchev–Trinajstić information content (AvgIpc) is 3.20. The highest BCUT2D eigenvalue weighted by molar-refractivity contribution is 7.99. The van der Waals surface area contributed by atoms with E-state index < -0.39 is 12.0 Å². The van der Waals surface area contributed by atoms with Gasteiger partial charge in [0.15, 0.2) is 11.0 Å². The van der Waals surface area contributed by atoms with Gasteiger partial charge in [0, 0.05) is 17.0 Å². The third-order valence-corrected chi connectivity index (χ3v) is 6.55. The van der Waals surface area contributed by atoms with Gasteiger partial charge in [-0.15, -0.1) is 10.2 Å². The standard InChI is InChI=1S/C24H24ClN5O3S/c1-3-33-22(31)20-15(2)26-23(32)27-19(20)14-34-24-29-28-21(17-11-7-8-12-18(17)25)30(24)13-16-9-5-4-6-10-16/h4-12,15H,3,13-14H2,1-2H3,(H2,26,27,32). The van der Waals surface area contributed by atoms with Crippen LogP contribution in [0.5, 0.6) is 0 Å². The molecule has 0 bridgehead atoms. The zero-order valence-corrected chi connectivity index (χ0v) is 20.3. The van der Waals surface area contributed by atoms with Crippen molar-refractivity contribution in [3.05, 3.63) is 76.5 Å². The van der Waals surface area contributed by atoms with E-state index in [1.54, 1.807) is 13.8 Å². The second-order valence-corrected chi connectivity index (χ2v) is 8.93. The second-order valence-electron chi connectivity index (χ2n) is 7.58. The lowest BCUT2D eigenvalue weighted by Gasteiger charge is -2.26. The summed E-state index contributed by atoms with van der Waals surface area (Å²) in [6.45, 7) is 4.28. The van der Waals surface area contributed by atoms with E-state index in [0.717, 1.165) is 11.1 Å². The van der Waals surface area contributed by atoms with Gasteiger partial charge in [0.25, 0.3) is 0 Å².